The van der Waals surface area contributed by atoms with Crippen molar-refractivity contribution in [2.45, 2.75) is 32.3 Å². The first-order valence-electron chi connectivity index (χ1n) is 4.97. The highest BCUT2D eigenvalue weighted by atomic mass is 35.5. The number of rotatable bonds is 3. The molecule has 2 rings (SSSR count). The molecule has 1 fully saturated rings. The summed E-state index contributed by atoms with van der Waals surface area (Å²) < 4.78 is 5.92. The molecule has 0 aliphatic heterocycles. The molecule has 1 aromatic carbocycles. The Balaban J connectivity index is 2.17. The van der Waals surface area contributed by atoms with Crippen molar-refractivity contribution < 1.29 is 4.74 Å². The molecule has 1 aromatic rings. The number of benzene rings is 1. The maximum Gasteiger partial charge on any atom is 0.123 e. The van der Waals surface area contributed by atoms with E-state index in [2.05, 4.69) is 26.0 Å². The average Bonchev–Trinajstić information content (AvgIpc) is 2.91. The molecule has 0 N–H and O–H groups in total. The molecule has 0 unspecified atom stereocenters. The van der Waals surface area contributed by atoms with E-state index in [1.807, 2.05) is 6.07 Å². The van der Waals surface area contributed by atoms with E-state index in [0.717, 1.165) is 18.6 Å². The summed E-state index contributed by atoms with van der Waals surface area (Å²) in [6.45, 7) is 4.16. The second-order valence-electron chi connectivity index (χ2n) is 4.19. The van der Waals surface area contributed by atoms with Crippen molar-refractivity contribution in [3.8, 4) is 5.75 Å². The molecular weight excluding hydrogens is 196 g/mol. The van der Waals surface area contributed by atoms with Gasteiger partial charge in [-0.1, -0.05) is 17.7 Å². The molecule has 1 aliphatic rings. The molecule has 0 atom stereocenters. The minimum absolute atomic E-state index is 0.0540. The number of aryl methyl sites for hydroxylation is 2. The SMILES string of the molecule is Cc1ccc(OC2(CCl)CC2)c(C)c1. The number of alkyl halides is 1. The Morgan fingerprint density at radius 1 is 1.36 bits per heavy atom. The lowest BCUT2D eigenvalue weighted by molar-refractivity contribution is 0.202. The summed E-state index contributed by atoms with van der Waals surface area (Å²) in [7, 11) is 0. The van der Waals surface area contributed by atoms with Crippen molar-refractivity contribution >= 4 is 11.6 Å². The number of halogens is 1. The molecule has 14 heavy (non-hydrogen) atoms. The third-order valence-corrected chi connectivity index (χ3v) is 3.20. The predicted molar refractivity (Wildman–Crippen MR) is 59.2 cm³/mol. The van der Waals surface area contributed by atoms with Gasteiger partial charge >= 0.3 is 0 Å². The van der Waals surface area contributed by atoms with Gasteiger partial charge in [-0.05, 0) is 38.3 Å². The van der Waals surface area contributed by atoms with E-state index in [0.29, 0.717) is 5.88 Å². The molecule has 0 heterocycles. The van der Waals surface area contributed by atoms with Gasteiger partial charge in [-0.2, -0.15) is 0 Å². The van der Waals surface area contributed by atoms with Gasteiger partial charge in [-0.25, -0.2) is 0 Å². The van der Waals surface area contributed by atoms with Crippen LogP contribution in [-0.2, 0) is 0 Å². The third-order valence-electron chi connectivity index (χ3n) is 2.71. The largest absolute Gasteiger partial charge is 0.486 e. The smallest absolute Gasteiger partial charge is 0.123 e. The zero-order valence-corrected chi connectivity index (χ0v) is 9.40. The van der Waals surface area contributed by atoms with Gasteiger partial charge in [0.2, 0.25) is 0 Å². The van der Waals surface area contributed by atoms with Crippen molar-refractivity contribution in [1.29, 1.82) is 0 Å². The lowest BCUT2D eigenvalue weighted by Gasteiger charge is -2.17. The summed E-state index contributed by atoms with van der Waals surface area (Å²) >= 11 is 5.86. The van der Waals surface area contributed by atoms with E-state index in [9.17, 15) is 0 Å². The van der Waals surface area contributed by atoms with Crippen LogP contribution in [0.2, 0.25) is 0 Å². The van der Waals surface area contributed by atoms with E-state index < -0.39 is 0 Å². The molecule has 0 radical (unpaired) electrons. The molecular formula is C12H15ClO. The zero-order valence-electron chi connectivity index (χ0n) is 8.64. The number of hydrogen-bond acceptors (Lipinski definition) is 1. The van der Waals surface area contributed by atoms with Gasteiger partial charge in [0.05, 0.1) is 5.88 Å². The van der Waals surface area contributed by atoms with Crippen LogP contribution in [0.25, 0.3) is 0 Å². The van der Waals surface area contributed by atoms with E-state index in [1.165, 1.54) is 11.1 Å². The standard InChI is InChI=1S/C12H15ClO/c1-9-3-4-11(10(2)7-9)14-12(8-13)5-6-12/h3-4,7H,5-6,8H2,1-2H3. The van der Waals surface area contributed by atoms with Gasteiger partial charge in [0.1, 0.15) is 11.4 Å². The van der Waals surface area contributed by atoms with Crippen molar-refractivity contribution in [2.24, 2.45) is 0 Å². The Bertz CT molecular complexity index is 342. The molecule has 0 aromatic heterocycles. The van der Waals surface area contributed by atoms with Crippen LogP contribution < -0.4 is 4.74 Å². The van der Waals surface area contributed by atoms with E-state index in [4.69, 9.17) is 16.3 Å². The van der Waals surface area contributed by atoms with E-state index >= 15 is 0 Å². The van der Waals surface area contributed by atoms with Crippen molar-refractivity contribution in [3.63, 3.8) is 0 Å². The Kier molecular flexibility index (Phi) is 2.44. The number of ether oxygens (including phenoxy) is 1. The molecule has 0 saturated heterocycles. The zero-order chi connectivity index (χ0) is 10.2. The minimum Gasteiger partial charge on any atom is -0.486 e. The Morgan fingerprint density at radius 2 is 2.07 bits per heavy atom. The molecule has 76 valence electrons. The molecule has 0 amide bonds. The molecule has 0 spiro atoms. The second kappa shape index (κ2) is 3.47. The van der Waals surface area contributed by atoms with Crippen LogP contribution in [0.15, 0.2) is 18.2 Å². The molecule has 2 heteroatoms. The van der Waals surface area contributed by atoms with Crippen molar-refractivity contribution in [2.75, 3.05) is 5.88 Å². The van der Waals surface area contributed by atoms with Crippen LogP contribution in [0.5, 0.6) is 5.75 Å². The fraction of sp³-hybridized carbons (Fsp3) is 0.500. The quantitative estimate of drug-likeness (QED) is 0.695. The highest BCUT2D eigenvalue weighted by Crippen LogP contribution is 2.41. The Hall–Kier alpha value is -0.690. The lowest BCUT2D eigenvalue weighted by Crippen LogP contribution is -2.20. The summed E-state index contributed by atoms with van der Waals surface area (Å²) in [6.07, 6.45) is 2.17. The van der Waals surface area contributed by atoms with E-state index in [-0.39, 0.29) is 5.60 Å². The molecule has 1 aliphatic carbocycles. The van der Waals surface area contributed by atoms with Crippen LogP contribution in [-0.4, -0.2) is 11.5 Å². The Labute approximate surface area is 90.0 Å². The maximum absolute atomic E-state index is 5.92. The molecule has 0 bridgehead atoms. The van der Waals surface area contributed by atoms with Gasteiger partial charge in [0.15, 0.2) is 0 Å². The summed E-state index contributed by atoms with van der Waals surface area (Å²) in [5, 5.41) is 0. The lowest BCUT2D eigenvalue weighted by atomic mass is 10.1. The van der Waals surface area contributed by atoms with Gasteiger partial charge in [-0.3, -0.25) is 0 Å². The summed E-state index contributed by atoms with van der Waals surface area (Å²) in [5.74, 6) is 1.58. The van der Waals surface area contributed by atoms with Gasteiger partial charge < -0.3 is 4.74 Å². The second-order valence-corrected chi connectivity index (χ2v) is 4.45. The number of hydrogen-bond donors (Lipinski definition) is 0. The first-order chi connectivity index (χ1) is 6.65. The van der Waals surface area contributed by atoms with Crippen LogP contribution in [0.1, 0.15) is 24.0 Å². The summed E-state index contributed by atoms with van der Waals surface area (Å²) in [5.41, 5.74) is 2.41. The van der Waals surface area contributed by atoms with Crippen molar-refractivity contribution in [1.82, 2.24) is 0 Å². The summed E-state index contributed by atoms with van der Waals surface area (Å²) in [6, 6.07) is 6.25. The van der Waals surface area contributed by atoms with Gasteiger partial charge in [-0.15, -0.1) is 11.6 Å². The van der Waals surface area contributed by atoms with E-state index in [1.54, 1.807) is 0 Å². The average molecular weight is 211 g/mol. The fourth-order valence-electron chi connectivity index (χ4n) is 1.55. The predicted octanol–water partition coefficient (Wildman–Crippen LogP) is 3.45. The monoisotopic (exact) mass is 210 g/mol. The topological polar surface area (TPSA) is 9.23 Å². The molecule has 1 nitrogen and oxygen atoms in total. The van der Waals surface area contributed by atoms with Gasteiger partial charge in [0.25, 0.3) is 0 Å². The fourth-order valence-corrected chi connectivity index (χ4v) is 1.87. The minimum atomic E-state index is -0.0540. The third kappa shape index (κ3) is 1.88. The highest BCUT2D eigenvalue weighted by molar-refractivity contribution is 6.18. The first-order valence-corrected chi connectivity index (χ1v) is 5.51. The molecule has 1 saturated carbocycles. The Morgan fingerprint density at radius 3 is 2.57 bits per heavy atom. The summed E-state index contributed by atoms with van der Waals surface area (Å²) in [4.78, 5) is 0. The van der Waals surface area contributed by atoms with Gasteiger partial charge in [0, 0.05) is 0 Å². The van der Waals surface area contributed by atoms with Crippen molar-refractivity contribution in [3.05, 3.63) is 29.3 Å². The van der Waals surface area contributed by atoms with Crippen LogP contribution in [0, 0.1) is 13.8 Å². The highest BCUT2D eigenvalue weighted by Gasteiger charge is 2.44. The first kappa shape index (κ1) is 9.85. The van der Waals surface area contributed by atoms with Crippen LogP contribution in [0.3, 0.4) is 0 Å². The maximum atomic E-state index is 5.92. The van der Waals surface area contributed by atoms with Crippen LogP contribution in [0.4, 0.5) is 0 Å². The normalized spacial score (nSPS) is 17.9. The van der Waals surface area contributed by atoms with Crippen LogP contribution >= 0.6 is 11.6 Å².